The lowest BCUT2D eigenvalue weighted by Gasteiger charge is -2.13. The van der Waals surface area contributed by atoms with Crippen molar-refractivity contribution in [3.8, 4) is 34.4 Å². The molecular formula is C28H24ClN3O5. The van der Waals surface area contributed by atoms with E-state index in [0.717, 1.165) is 28.7 Å². The molecule has 1 aliphatic carbocycles. The second kappa shape index (κ2) is 10.6. The molecule has 8 nitrogen and oxygen atoms in total. The van der Waals surface area contributed by atoms with Crippen molar-refractivity contribution in [1.82, 2.24) is 10.3 Å². The summed E-state index contributed by atoms with van der Waals surface area (Å²) in [7, 11) is 0. The van der Waals surface area contributed by atoms with Crippen molar-refractivity contribution in [3.05, 3.63) is 70.2 Å². The largest absolute Gasteiger partial charge is 0.491 e. The smallest absolute Gasteiger partial charge is 0.304 e. The predicted octanol–water partition coefficient (Wildman–Crippen LogP) is 5.11. The van der Waals surface area contributed by atoms with Crippen LogP contribution in [0.1, 0.15) is 35.6 Å². The Kier molecular flexibility index (Phi) is 7.10. The number of nitriles is 1. The Balaban J connectivity index is 1.52. The number of rotatable bonds is 9. The van der Waals surface area contributed by atoms with Crippen LogP contribution in [-0.2, 0) is 11.2 Å². The van der Waals surface area contributed by atoms with Crippen LogP contribution in [-0.4, -0.2) is 40.9 Å². The van der Waals surface area contributed by atoms with Gasteiger partial charge in [0.25, 0.3) is 0 Å². The number of hydrogen-bond donors (Lipinski definition) is 3. The Bertz CT molecular complexity index is 1520. The number of carboxylic acids is 1. The maximum atomic E-state index is 10.9. The summed E-state index contributed by atoms with van der Waals surface area (Å²) in [6.45, 7) is 0.463. The van der Waals surface area contributed by atoms with E-state index in [0.29, 0.717) is 51.9 Å². The van der Waals surface area contributed by atoms with Gasteiger partial charge in [-0.25, -0.2) is 4.98 Å². The molecule has 0 spiro atoms. The molecule has 0 bridgehead atoms. The first-order valence-electron chi connectivity index (χ1n) is 11.9. The number of nitrogens with one attached hydrogen (secondary N) is 1. The van der Waals surface area contributed by atoms with Gasteiger partial charge in [-0.3, -0.25) is 4.79 Å². The fraction of sp³-hybridized carbons (Fsp3) is 0.250. The van der Waals surface area contributed by atoms with E-state index in [2.05, 4.69) is 16.4 Å². The zero-order valence-electron chi connectivity index (χ0n) is 19.8. The summed E-state index contributed by atoms with van der Waals surface area (Å²) in [6, 6.07) is 17.2. The Labute approximate surface area is 218 Å². The van der Waals surface area contributed by atoms with Gasteiger partial charge >= 0.3 is 5.97 Å². The van der Waals surface area contributed by atoms with Crippen LogP contribution in [0.2, 0.25) is 5.02 Å². The van der Waals surface area contributed by atoms with Crippen LogP contribution in [0.25, 0.3) is 33.7 Å². The van der Waals surface area contributed by atoms with Gasteiger partial charge in [0, 0.05) is 18.2 Å². The summed E-state index contributed by atoms with van der Waals surface area (Å²) in [6.07, 6.45) is 1.50. The second-order valence-corrected chi connectivity index (χ2v) is 9.13. The average Bonchev–Trinajstić information content (AvgIpc) is 3.50. The number of ether oxygens (including phenoxy) is 1. The lowest BCUT2D eigenvalue weighted by molar-refractivity contribution is -0.136. The van der Waals surface area contributed by atoms with E-state index >= 15 is 0 Å². The molecule has 3 aromatic carbocycles. The van der Waals surface area contributed by atoms with Gasteiger partial charge in [-0.1, -0.05) is 35.9 Å². The molecule has 0 saturated carbocycles. The maximum Gasteiger partial charge on any atom is 0.304 e. The number of aliphatic hydroxyl groups excluding tert-OH is 1. The summed E-state index contributed by atoms with van der Waals surface area (Å²) in [5.74, 6) is 0.0724. The number of oxazole rings is 1. The Hall–Kier alpha value is -3.90. The standard InChI is InChI=1S/C28H24ClN3O5/c29-26-18(16-3-1-4-17(13-16)36-12-11-33)5-2-6-20(26)28-32-24-14-21-19(22(15-30)27(24)37-28)7-8-23(21)31-10-9-25(34)35/h1-6,13-14,23,31,33H,7-12H2,(H,34,35)/t23-/m1/s1. The number of aliphatic hydroxyl groups is 1. The van der Waals surface area contributed by atoms with E-state index in [-0.39, 0.29) is 25.7 Å². The van der Waals surface area contributed by atoms with Gasteiger partial charge in [0.15, 0.2) is 5.58 Å². The normalized spacial score (nSPS) is 14.5. The van der Waals surface area contributed by atoms with Gasteiger partial charge in [-0.05, 0) is 53.8 Å². The van der Waals surface area contributed by atoms with Gasteiger partial charge in [-0.2, -0.15) is 5.26 Å². The van der Waals surface area contributed by atoms with Gasteiger partial charge < -0.3 is 24.7 Å². The highest BCUT2D eigenvalue weighted by Crippen LogP contribution is 2.41. The highest BCUT2D eigenvalue weighted by molar-refractivity contribution is 6.36. The number of carbonyl (C=O) groups is 1. The first-order chi connectivity index (χ1) is 18.0. The minimum Gasteiger partial charge on any atom is -0.491 e. The molecule has 9 heteroatoms. The van der Waals surface area contributed by atoms with Crippen molar-refractivity contribution in [2.45, 2.75) is 25.3 Å². The van der Waals surface area contributed by atoms with Gasteiger partial charge in [0.05, 0.1) is 23.6 Å². The van der Waals surface area contributed by atoms with E-state index < -0.39 is 5.97 Å². The molecule has 4 aromatic rings. The Morgan fingerprint density at radius 2 is 2.05 bits per heavy atom. The molecule has 0 fully saturated rings. The van der Waals surface area contributed by atoms with Crippen LogP contribution in [0.4, 0.5) is 0 Å². The molecule has 0 radical (unpaired) electrons. The molecule has 37 heavy (non-hydrogen) atoms. The number of aliphatic carboxylic acids is 1. The van der Waals surface area contributed by atoms with Crippen LogP contribution in [0, 0.1) is 11.3 Å². The first-order valence-corrected chi connectivity index (χ1v) is 12.3. The van der Waals surface area contributed by atoms with E-state index in [1.165, 1.54) is 0 Å². The first kappa shape index (κ1) is 24.8. The summed E-state index contributed by atoms with van der Waals surface area (Å²) >= 11 is 6.84. The number of aromatic nitrogens is 1. The number of halogens is 1. The topological polar surface area (TPSA) is 129 Å². The van der Waals surface area contributed by atoms with Crippen LogP contribution < -0.4 is 10.1 Å². The van der Waals surface area contributed by atoms with Crippen molar-refractivity contribution >= 4 is 28.7 Å². The van der Waals surface area contributed by atoms with Crippen molar-refractivity contribution in [3.63, 3.8) is 0 Å². The molecule has 0 amide bonds. The van der Waals surface area contributed by atoms with E-state index in [4.69, 9.17) is 31.0 Å². The summed E-state index contributed by atoms with van der Waals surface area (Å²) in [5.41, 5.74) is 5.49. The van der Waals surface area contributed by atoms with Crippen LogP contribution in [0.15, 0.2) is 52.9 Å². The molecule has 0 aliphatic heterocycles. The average molecular weight is 518 g/mol. The molecule has 1 atom stereocenters. The minimum absolute atomic E-state index is 0.0264. The summed E-state index contributed by atoms with van der Waals surface area (Å²) in [5, 5.41) is 31.7. The molecule has 1 aromatic heterocycles. The molecule has 188 valence electrons. The third kappa shape index (κ3) is 4.89. The fourth-order valence-electron chi connectivity index (χ4n) is 4.78. The van der Waals surface area contributed by atoms with E-state index in [1.807, 2.05) is 48.5 Å². The van der Waals surface area contributed by atoms with Gasteiger partial charge in [-0.15, -0.1) is 0 Å². The van der Waals surface area contributed by atoms with Crippen molar-refractivity contribution in [1.29, 1.82) is 5.26 Å². The second-order valence-electron chi connectivity index (χ2n) is 8.75. The van der Waals surface area contributed by atoms with Crippen molar-refractivity contribution < 1.29 is 24.2 Å². The van der Waals surface area contributed by atoms with Gasteiger partial charge in [0.1, 0.15) is 29.5 Å². The van der Waals surface area contributed by atoms with Crippen molar-refractivity contribution in [2.24, 2.45) is 0 Å². The highest BCUT2D eigenvalue weighted by Gasteiger charge is 2.29. The maximum absolute atomic E-state index is 10.9. The Morgan fingerprint density at radius 1 is 1.24 bits per heavy atom. The van der Waals surface area contributed by atoms with Crippen LogP contribution in [0.3, 0.4) is 0 Å². The molecule has 1 aliphatic rings. The van der Waals surface area contributed by atoms with Crippen LogP contribution >= 0.6 is 11.6 Å². The number of carboxylic acid groups (broad SMARTS) is 1. The lowest BCUT2D eigenvalue weighted by atomic mass is 10.0. The number of nitrogens with zero attached hydrogens (tertiary/aromatic N) is 2. The molecular weight excluding hydrogens is 494 g/mol. The molecule has 5 rings (SSSR count). The minimum atomic E-state index is -0.858. The Morgan fingerprint density at radius 3 is 2.84 bits per heavy atom. The lowest BCUT2D eigenvalue weighted by Crippen LogP contribution is -2.22. The zero-order chi connectivity index (χ0) is 25.9. The number of hydrogen-bond acceptors (Lipinski definition) is 7. The molecule has 0 unspecified atom stereocenters. The third-order valence-electron chi connectivity index (χ3n) is 6.46. The van der Waals surface area contributed by atoms with E-state index in [1.54, 1.807) is 0 Å². The third-order valence-corrected chi connectivity index (χ3v) is 6.86. The molecule has 0 saturated heterocycles. The fourth-order valence-corrected chi connectivity index (χ4v) is 5.10. The summed E-state index contributed by atoms with van der Waals surface area (Å²) < 4.78 is 11.7. The number of benzene rings is 3. The summed E-state index contributed by atoms with van der Waals surface area (Å²) in [4.78, 5) is 15.6. The van der Waals surface area contributed by atoms with Crippen LogP contribution in [0.5, 0.6) is 5.75 Å². The molecule has 1 heterocycles. The zero-order valence-corrected chi connectivity index (χ0v) is 20.6. The van der Waals surface area contributed by atoms with Gasteiger partial charge in [0.2, 0.25) is 5.89 Å². The predicted molar refractivity (Wildman–Crippen MR) is 139 cm³/mol. The molecule has 3 N–H and O–H groups in total. The monoisotopic (exact) mass is 517 g/mol. The van der Waals surface area contributed by atoms with E-state index in [9.17, 15) is 10.1 Å². The SMILES string of the molecule is N#Cc1c2c(cc3nc(-c4cccc(-c5cccc(OCCO)c5)c4Cl)oc13)[C@H](NCCC(=O)O)CC2. The van der Waals surface area contributed by atoms with Crippen molar-refractivity contribution in [2.75, 3.05) is 19.8 Å². The quantitative estimate of drug-likeness (QED) is 0.279. The number of fused-ring (bicyclic) bond motifs is 2. The highest BCUT2D eigenvalue weighted by atomic mass is 35.5.